The van der Waals surface area contributed by atoms with Crippen LogP contribution in [0.3, 0.4) is 0 Å². The van der Waals surface area contributed by atoms with Crippen LogP contribution in [0.5, 0.6) is 5.75 Å². The van der Waals surface area contributed by atoms with Gasteiger partial charge in [0.25, 0.3) is 5.56 Å². The Morgan fingerprint density at radius 1 is 1.11 bits per heavy atom. The van der Waals surface area contributed by atoms with Gasteiger partial charge in [0.05, 0.1) is 23.1 Å². The Bertz CT molecular complexity index is 1570. The zero-order chi connectivity index (χ0) is 27.1. The first-order valence-electron chi connectivity index (χ1n) is 10.9. The molecule has 0 fully saturated rings. The topological polar surface area (TPSA) is 103 Å². The van der Waals surface area contributed by atoms with Crippen LogP contribution in [0.1, 0.15) is 30.9 Å². The number of aryl methyl sites for hydroxylation is 1. The van der Waals surface area contributed by atoms with Gasteiger partial charge < -0.3 is 9.84 Å². The van der Waals surface area contributed by atoms with E-state index in [9.17, 15) is 18.7 Å². The van der Waals surface area contributed by atoms with Gasteiger partial charge in [0, 0.05) is 25.4 Å². The summed E-state index contributed by atoms with van der Waals surface area (Å²) in [5.41, 5.74) is -1.35. The maximum absolute atomic E-state index is 15.6. The van der Waals surface area contributed by atoms with E-state index in [-0.39, 0.29) is 40.0 Å². The van der Waals surface area contributed by atoms with Gasteiger partial charge in [-0.15, -0.1) is 0 Å². The Labute approximate surface area is 214 Å². The van der Waals surface area contributed by atoms with Crippen LogP contribution in [-0.4, -0.2) is 29.6 Å². The number of pyridine rings is 1. The minimum absolute atomic E-state index is 0.0272. The van der Waals surface area contributed by atoms with E-state index in [1.54, 1.807) is 6.92 Å². The third-order valence-electron chi connectivity index (χ3n) is 5.44. The molecule has 0 amide bonds. The first-order valence-corrected chi connectivity index (χ1v) is 11.3. The van der Waals surface area contributed by atoms with Crippen LogP contribution in [0, 0.1) is 24.4 Å². The number of rotatable bonds is 6. The molecule has 12 heteroatoms. The Kier molecular flexibility index (Phi) is 7.03. The number of hydrogen-bond acceptors (Lipinski definition) is 7. The zero-order valence-electron chi connectivity index (χ0n) is 20.2. The molecule has 1 N–H and O–H groups in total. The number of hydrogen-bond donors (Lipinski definition) is 1. The van der Waals surface area contributed by atoms with Crippen molar-refractivity contribution >= 4 is 11.6 Å². The quantitative estimate of drug-likeness (QED) is 0.391. The lowest BCUT2D eigenvalue weighted by Crippen LogP contribution is -2.22. The van der Waals surface area contributed by atoms with Crippen molar-refractivity contribution in [2.45, 2.75) is 33.0 Å². The molecule has 1 aromatic carbocycles. The second-order valence-electron chi connectivity index (χ2n) is 8.75. The van der Waals surface area contributed by atoms with Crippen molar-refractivity contribution in [1.29, 1.82) is 0 Å². The molecule has 3 aromatic heterocycles. The third-order valence-corrected chi connectivity index (χ3v) is 5.79. The van der Waals surface area contributed by atoms with Crippen LogP contribution >= 0.6 is 11.6 Å². The summed E-state index contributed by atoms with van der Waals surface area (Å²) in [5.74, 6) is -2.68. The lowest BCUT2D eigenvalue weighted by Gasteiger charge is -2.17. The molecule has 4 aromatic rings. The number of ether oxygens (including phenoxy) is 1. The van der Waals surface area contributed by atoms with Crippen molar-refractivity contribution in [3.8, 4) is 28.5 Å². The first-order chi connectivity index (χ1) is 17.4. The Balaban J connectivity index is 1.76. The molecule has 0 bridgehead atoms. The first kappa shape index (κ1) is 26.2. The van der Waals surface area contributed by atoms with Crippen molar-refractivity contribution < 1.29 is 23.0 Å². The fraction of sp³-hybridized carbons (Fsp3) is 0.240. The van der Waals surface area contributed by atoms with E-state index < -0.39 is 40.2 Å². The minimum atomic E-state index is -1.34. The maximum atomic E-state index is 15.6. The zero-order valence-corrected chi connectivity index (χ0v) is 20.9. The summed E-state index contributed by atoms with van der Waals surface area (Å²) in [6.07, 6.45) is 2.25. The number of benzene rings is 1. The molecule has 8 nitrogen and oxygen atoms in total. The van der Waals surface area contributed by atoms with Crippen LogP contribution in [0.25, 0.3) is 22.8 Å². The van der Waals surface area contributed by atoms with Gasteiger partial charge in [0.15, 0.2) is 17.5 Å². The Morgan fingerprint density at radius 3 is 2.51 bits per heavy atom. The van der Waals surface area contributed by atoms with E-state index in [2.05, 4.69) is 19.9 Å². The van der Waals surface area contributed by atoms with Crippen molar-refractivity contribution in [3.63, 3.8) is 0 Å². The summed E-state index contributed by atoms with van der Waals surface area (Å²) < 4.78 is 49.2. The fourth-order valence-electron chi connectivity index (χ4n) is 3.49. The molecule has 4 rings (SSSR count). The molecule has 0 aliphatic rings. The van der Waals surface area contributed by atoms with Crippen molar-refractivity contribution in [2.24, 2.45) is 7.05 Å². The van der Waals surface area contributed by atoms with E-state index in [0.29, 0.717) is 11.6 Å². The summed E-state index contributed by atoms with van der Waals surface area (Å²) in [6, 6.07) is 4.81. The molecule has 192 valence electrons. The van der Waals surface area contributed by atoms with Gasteiger partial charge >= 0.3 is 0 Å². The largest absolute Gasteiger partial charge is 0.485 e. The second kappa shape index (κ2) is 9.91. The van der Waals surface area contributed by atoms with E-state index in [4.69, 9.17) is 16.3 Å². The van der Waals surface area contributed by atoms with E-state index in [1.807, 2.05) is 0 Å². The number of halogens is 4. The van der Waals surface area contributed by atoms with Crippen molar-refractivity contribution in [2.75, 3.05) is 0 Å². The molecule has 37 heavy (non-hydrogen) atoms. The fourth-order valence-corrected chi connectivity index (χ4v) is 3.69. The standard InChI is InChI=1S/C25H21ClF3N5O3/c1-12-7-18(37-11-17-14(28)8-13(27)10-31-17)21(26)22(29)20(12)23-32-16(9-19(35)34(23)4)15-5-6-30-24(33-15)25(2,3)36/h5-10,36H,11H2,1-4H3. The van der Waals surface area contributed by atoms with Crippen LogP contribution < -0.4 is 10.3 Å². The molecular weight excluding hydrogens is 511 g/mol. The summed E-state index contributed by atoms with van der Waals surface area (Å²) in [6.45, 7) is 4.17. The molecule has 0 aliphatic heterocycles. The monoisotopic (exact) mass is 531 g/mol. The highest BCUT2D eigenvalue weighted by atomic mass is 35.5. The van der Waals surface area contributed by atoms with Gasteiger partial charge in [0.1, 0.15) is 40.3 Å². The molecule has 0 spiro atoms. The third kappa shape index (κ3) is 5.32. The predicted molar refractivity (Wildman–Crippen MR) is 129 cm³/mol. The number of aliphatic hydroxyl groups is 1. The Hall–Kier alpha value is -3.83. The van der Waals surface area contributed by atoms with Crippen LogP contribution in [0.2, 0.25) is 5.02 Å². The lowest BCUT2D eigenvalue weighted by atomic mass is 10.1. The minimum Gasteiger partial charge on any atom is -0.485 e. The van der Waals surface area contributed by atoms with Gasteiger partial charge in [-0.2, -0.15) is 0 Å². The van der Waals surface area contributed by atoms with E-state index in [1.165, 1.54) is 45.3 Å². The summed E-state index contributed by atoms with van der Waals surface area (Å²) in [7, 11) is 1.43. The summed E-state index contributed by atoms with van der Waals surface area (Å²) in [5, 5.41) is 9.81. The highest BCUT2D eigenvalue weighted by molar-refractivity contribution is 6.32. The number of nitrogens with zero attached hydrogens (tertiary/aromatic N) is 5. The Morgan fingerprint density at radius 2 is 1.84 bits per heavy atom. The van der Waals surface area contributed by atoms with Crippen molar-refractivity contribution in [3.05, 3.63) is 86.6 Å². The van der Waals surface area contributed by atoms with Gasteiger partial charge in [-0.1, -0.05) is 11.6 Å². The summed E-state index contributed by atoms with van der Waals surface area (Å²) in [4.78, 5) is 29.2. The van der Waals surface area contributed by atoms with Gasteiger partial charge in [-0.05, 0) is 38.5 Å². The second-order valence-corrected chi connectivity index (χ2v) is 9.13. The van der Waals surface area contributed by atoms with Gasteiger partial charge in [-0.25, -0.2) is 28.1 Å². The molecule has 0 saturated heterocycles. The smallest absolute Gasteiger partial charge is 0.254 e. The molecule has 0 aliphatic carbocycles. The highest BCUT2D eigenvalue weighted by Gasteiger charge is 2.24. The van der Waals surface area contributed by atoms with Crippen LogP contribution in [-0.2, 0) is 19.3 Å². The maximum Gasteiger partial charge on any atom is 0.254 e. The normalized spacial score (nSPS) is 11.6. The van der Waals surface area contributed by atoms with Crippen LogP contribution in [0.4, 0.5) is 13.2 Å². The SMILES string of the molecule is Cc1cc(OCc2ncc(F)cc2F)c(Cl)c(F)c1-c1nc(-c2ccnc(C(C)(C)O)n2)cc(=O)n1C. The molecule has 0 saturated carbocycles. The predicted octanol–water partition coefficient (Wildman–Crippen LogP) is 4.48. The van der Waals surface area contributed by atoms with E-state index in [0.717, 1.165) is 10.8 Å². The average molecular weight is 532 g/mol. The number of aromatic nitrogens is 5. The van der Waals surface area contributed by atoms with E-state index >= 15 is 4.39 Å². The molecule has 0 unspecified atom stereocenters. The van der Waals surface area contributed by atoms with Crippen molar-refractivity contribution in [1.82, 2.24) is 24.5 Å². The lowest BCUT2D eigenvalue weighted by molar-refractivity contribution is 0.0688. The molecule has 0 radical (unpaired) electrons. The summed E-state index contributed by atoms with van der Waals surface area (Å²) >= 11 is 6.23. The molecular formula is C25H21ClF3N5O3. The van der Waals surface area contributed by atoms with Gasteiger partial charge in [-0.3, -0.25) is 14.3 Å². The average Bonchev–Trinajstić information content (AvgIpc) is 2.83. The molecule has 0 atom stereocenters. The highest BCUT2D eigenvalue weighted by Crippen LogP contribution is 2.37. The van der Waals surface area contributed by atoms with Gasteiger partial charge in [0.2, 0.25) is 0 Å². The molecule has 3 heterocycles. The van der Waals surface area contributed by atoms with Crippen LogP contribution in [0.15, 0.2) is 41.5 Å².